The number of piperidine rings is 1. The van der Waals surface area contributed by atoms with Crippen molar-refractivity contribution in [1.82, 2.24) is 24.6 Å². The smallest absolute Gasteiger partial charge is 0.409 e. The lowest BCUT2D eigenvalue weighted by molar-refractivity contribution is 0.0948. The van der Waals surface area contributed by atoms with Gasteiger partial charge in [0, 0.05) is 24.6 Å². The highest BCUT2D eigenvalue weighted by Crippen LogP contribution is 2.34. The molecule has 1 aliphatic rings. The number of nitrogens with zero attached hydrogens (tertiary/aromatic N) is 5. The van der Waals surface area contributed by atoms with E-state index in [2.05, 4.69) is 22.0 Å². The number of rotatable bonds is 7. The van der Waals surface area contributed by atoms with E-state index in [1.165, 1.54) is 23.1 Å². The van der Waals surface area contributed by atoms with Crippen LogP contribution in [0.15, 0.2) is 40.6 Å². The summed E-state index contributed by atoms with van der Waals surface area (Å²) in [6, 6.07) is 3.71. The molecule has 0 aliphatic carbocycles. The van der Waals surface area contributed by atoms with Crippen LogP contribution in [0.3, 0.4) is 0 Å². The number of hydrogen-bond donors (Lipinski definition) is 0. The predicted molar refractivity (Wildman–Crippen MR) is 126 cm³/mol. The van der Waals surface area contributed by atoms with E-state index in [-0.39, 0.29) is 21.9 Å². The van der Waals surface area contributed by atoms with E-state index in [1.807, 2.05) is 0 Å². The lowest BCUT2D eigenvalue weighted by Crippen LogP contribution is -2.39. The van der Waals surface area contributed by atoms with Gasteiger partial charge in [-0.05, 0) is 37.5 Å². The molecule has 0 N–H and O–H groups in total. The Morgan fingerprint density at radius 1 is 1.26 bits per heavy atom. The minimum Gasteiger partial charge on any atom is -0.449 e. The van der Waals surface area contributed by atoms with Crippen LogP contribution in [-0.2, 0) is 14.6 Å². The number of ether oxygens (including phenoxy) is 1. The van der Waals surface area contributed by atoms with Gasteiger partial charge in [0.2, 0.25) is 0 Å². The van der Waals surface area contributed by atoms with Crippen molar-refractivity contribution in [2.75, 3.05) is 26.0 Å². The fourth-order valence-electron chi connectivity index (χ4n) is 3.69. The van der Waals surface area contributed by atoms with Gasteiger partial charge in [0.15, 0.2) is 15.5 Å². The molecule has 3 heterocycles. The Kier molecular flexibility index (Phi) is 7.36. The maximum absolute atomic E-state index is 14.7. The van der Waals surface area contributed by atoms with Gasteiger partial charge in [-0.25, -0.2) is 32.3 Å². The lowest BCUT2D eigenvalue weighted by atomic mass is 10.1. The first kappa shape index (κ1) is 24.4. The highest BCUT2D eigenvalue weighted by molar-refractivity contribution is 8.00. The van der Waals surface area contributed by atoms with Crippen molar-refractivity contribution in [3.63, 3.8) is 0 Å². The van der Waals surface area contributed by atoms with Crippen LogP contribution >= 0.6 is 11.8 Å². The van der Waals surface area contributed by atoms with E-state index in [9.17, 15) is 17.6 Å². The van der Waals surface area contributed by atoms with Gasteiger partial charge in [0.05, 0.1) is 23.1 Å². The fraction of sp³-hybridized carbons (Fsp3) is 0.455. The van der Waals surface area contributed by atoms with Crippen molar-refractivity contribution in [2.24, 2.45) is 0 Å². The average molecular weight is 508 g/mol. The summed E-state index contributed by atoms with van der Waals surface area (Å²) in [5, 5.41) is 5.95. The number of aromatic nitrogens is 4. The Hall–Kier alpha value is -2.73. The second-order valence-electron chi connectivity index (χ2n) is 8.13. The number of thioether (sulfide) groups is 1. The molecule has 4 rings (SSSR count). The van der Waals surface area contributed by atoms with Crippen molar-refractivity contribution in [1.29, 1.82) is 0 Å². The highest BCUT2D eigenvalue weighted by atomic mass is 32.2. The summed E-state index contributed by atoms with van der Waals surface area (Å²) >= 11 is 1.59. The number of benzene rings is 1. The number of sulfone groups is 1. The van der Waals surface area contributed by atoms with E-state index in [0.717, 1.165) is 43.0 Å². The molecular formula is C22H26FN5O4S2. The molecule has 9 nitrogen and oxygen atoms in total. The van der Waals surface area contributed by atoms with Crippen LogP contribution in [0.4, 0.5) is 9.18 Å². The number of halogens is 1. The van der Waals surface area contributed by atoms with E-state index < -0.39 is 15.7 Å². The van der Waals surface area contributed by atoms with E-state index in [0.29, 0.717) is 30.7 Å². The second kappa shape index (κ2) is 10.3. The van der Waals surface area contributed by atoms with Gasteiger partial charge in [0.1, 0.15) is 22.9 Å². The first-order valence-corrected chi connectivity index (χ1v) is 13.8. The second-order valence-corrected chi connectivity index (χ2v) is 11.4. The van der Waals surface area contributed by atoms with Crippen LogP contribution in [0, 0.1) is 5.82 Å². The SMILES string of the molecule is CCCCOC(=O)N1CCC(Sc2ncnc3c2cnn3-c2ccc(S(C)(=O)=O)cc2F)CC1. The molecule has 1 aromatic carbocycles. The maximum atomic E-state index is 14.7. The molecule has 1 saturated heterocycles. The molecule has 1 aliphatic heterocycles. The van der Waals surface area contributed by atoms with Gasteiger partial charge in [0.25, 0.3) is 0 Å². The Balaban J connectivity index is 1.48. The van der Waals surface area contributed by atoms with Gasteiger partial charge in [-0.15, -0.1) is 11.8 Å². The number of hydrogen-bond acceptors (Lipinski definition) is 8. The lowest BCUT2D eigenvalue weighted by Gasteiger charge is -2.30. The van der Waals surface area contributed by atoms with Crippen molar-refractivity contribution < 1.29 is 22.3 Å². The van der Waals surface area contributed by atoms with Crippen molar-refractivity contribution in [2.45, 2.75) is 47.8 Å². The minimum absolute atomic E-state index is 0.100. The molecular weight excluding hydrogens is 481 g/mol. The number of carbonyl (C=O) groups excluding carboxylic acids is 1. The summed E-state index contributed by atoms with van der Waals surface area (Å²) < 4.78 is 44.8. The summed E-state index contributed by atoms with van der Waals surface area (Å²) in [6.07, 6.45) is 7.21. The Labute approximate surface area is 201 Å². The van der Waals surface area contributed by atoms with Gasteiger partial charge in [-0.1, -0.05) is 13.3 Å². The van der Waals surface area contributed by atoms with E-state index in [4.69, 9.17) is 4.74 Å². The summed E-state index contributed by atoms with van der Waals surface area (Å²) in [5.74, 6) is -0.709. The molecule has 12 heteroatoms. The molecule has 0 spiro atoms. The molecule has 0 radical (unpaired) electrons. The van der Waals surface area contributed by atoms with Crippen molar-refractivity contribution in [3.05, 3.63) is 36.5 Å². The topological polar surface area (TPSA) is 107 Å². The average Bonchev–Trinajstić information content (AvgIpc) is 3.24. The largest absolute Gasteiger partial charge is 0.449 e. The van der Waals surface area contributed by atoms with Crippen LogP contribution < -0.4 is 0 Å². The fourth-order valence-corrected chi connectivity index (χ4v) is 5.47. The standard InChI is InChI=1S/C22H26FN5O4S2/c1-3-4-11-32-22(29)27-9-7-15(8-10-27)33-21-17-13-26-28(20(17)24-14-25-21)19-6-5-16(12-18(19)23)34(2,30)31/h5-6,12-15H,3-4,7-11H2,1-2H3. The van der Waals surface area contributed by atoms with Crippen LogP contribution in [-0.4, -0.2) is 70.4 Å². The zero-order valence-electron chi connectivity index (χ0n) is 19.0. The number of unbranched alkanes of at least 4 members (excludes halogenated alkanes) is 1. The summed E-state index contributed by atoms with van der Waals surface area (Å²) in [5.41, 5.74) is 0.535. The first-order valence-electron chi connectivity index (χ1n) is 11.0. The maximum Gasteiger partial charge on any atom is 0.409 e. The van der Waals surface area contributed by atoms with Crippen LogP contribution in [0.2, 0.25) is 0 Å². The molecule has 0 bridgehead atoms. The molecule has 2 aromatic heterocycles. The van der Waals surface area contributed by atoms with Gasteiger partial charge in [-0.3, -0.25) is 0 Å². The minimum atomic E-state index is -3.52. The molecule has 34 heavy (non-hydrogen) atoms. The molecule has 0 saturated carbocycles. The van der Waals surface area contributed by atoms with Gasteiger partial charge < -0.3 is 9.64 Å². The van der Waals surface area contributed by atoms with Gasteiger partial charge in [-0.2, -0.15) is 5.10 Å². The summed E-state index contributed by atoms with van der Waals surface area (Å²) in [7, 11) is -3.52. The zero-order chi connectivity index (χ0) is 24.3. The monoisotopic (exact) mass is 507 g/mol. The van der Waals surface area contributed by atoms with Crippen molar-refractivity contribution >= 4 is 38.7 Å². The number of carbonyl (C=O) groups is 1. The number of likely N-dealkylation sites (tertiary alicyclic amines) is 1. The number of fused-ring (bicyclic) bond motifs is 1. The quantitative estimate of drug-likeness (QED) is 0.351. The zero-order valence-corrected chi connectivity index (χ0v) is 20.6. The third-order valence-electron chi connectivity index (χ3n) is 5.61. The Morgan fingerprint density at radius 2 is 2.03 bits per heavy atom. The molecule has 3 aromatic rings. The highest BCUT2D eigenvalue weighted by Gasteiger charge is 2.26. The summed E-state index contributed by atoms with van der Waals surface area (Å²) in [4.78, 5) is 22.5. The first-order chi connectivity index (χ1) is 16.3. The molecule has 1 fully saturated rings. The van der Waals surface area contributed by atoms with Crippen molar-refractivity contribution in [3.8, 4) is 5.69 Å². The third kappa shape index (κ3) is 5.33. The third-order valence-corrected chi connectivity index (χ3v) is 8.07. The molecule has 0 atom stereocenters. The van der Waals surface area contributed by atoms with Crippen LogP contribution in [0.5, 0.6) is 0 Å². The predicted octanol–water partition coefficient (Wildman–Crippen LogP) is 3.85. The Bertz CT molecular complexity index is 1290. The molecule has 1 amide bonds. The molecule has 182 valence electrons. The van der Waals surface area contributed by atoms with Crippen LogP contribution in [0.25, 0.3) is 16.7 Å². The van der Waals surface area contributed by atoms with Crippen LogP contribution in [0.1, 0.15) is 32.6 Å². The van der Waals surface area contributed by atoms with E-state index >= 15 is 0 Å². The van der Waals surface area contributed by atoms with E-state index in [1.54, 1.807) is 22.9 Å². The normalized spacial score (nSPS) is 15.1. The molecule has 0 unspecified atom stereocenters. The number of amides is 1. The van der Waals surface area contributed by atoms with Gasteiger partial charge >= 0.3 is 6.09 Å². The summed E-state index contributed by atoms with van der Waals surface area (Å²) in [6.45, 7) is 3.74. The Morgan fingerprint density at radius 3 is 2.71 bits per heavy atom.